The number of unbranched alkanes of at least 4 members (excludes halogenated alkanes) is 1. The van der Waals surface area contributed by atoms with Gasteiger partial charge in [-0.25, -0.2) is 0 Å². The highest BCUT2D eigenvalue weighted by atomic mass is 15.1. The number of nitrogen functional groups attached to an aromatic ring is 1. The molecule has 2 aromatic rings. The van der Waals surface area contributed by atoms with Crippen molar-refractivity contribution in [3.05, 3.63) is 65.7 Å². The van der Waals surface area contributed by atoms with Gasteiger partial charge in [0.25, 0.3) is 0 Å². The van der Waals surface area contributed by atoms with Crippen molar-refractivity contribution in [3.63, 3.8) is 0 Å². The Morgan fingerprint density at radius 2 is 1.67 bits per heavy atom. The van der Waals surface area contributed by atoms with Crippen molar-refractivity contribution >= 4 is 5.69 Å². The highest BCUT2D eigenvalue weighted by Crippen LogP contribution is 2.40. The predicted molar refractivity (Wildman–Crippen MR) is 103 cm³/mol. The van der Waals surface area contributed by atoms with Crippen molar-refractivity contribution < 1.29 is 0 Å². The summed E-state index contributed by atoms with van der Waals surface area (Å²) in [5.74, 6) is 1.09. The number of anilines is 1. The van der Waals surface area contributed by atoms with Gasteiger partial charge in [0.15, 0.2) is 0 Å². The Labute approximate surface area is 146 Å². The van der Waals surface area contributed by atoms with E-state index in [0.717, 1.165) is 5.69 Å². The van der Waals surface area contributed by atoms with Crippen LogP contribution in [-0.4, -0.2) is 24.5 Å². The lowest BCUT2D eigenvalue weighted by Crippen LogP contribution is -2.36. The summed E-state index contributed by atoms with van der Waals surface area (Å²) in [5.41, 5.74) is 9.98. The minimum absolute atomic E-state index is 0.417. The molecule has 3 rings (SSSR count). The van der Waals surface area contributed by atoms with Crippen LogP contribution in [0, 0.1) is 5.92 Å². The molecule has 1 aliphatic rings. The van der Waals surface area contributed by atoms with Gasteiger partial charge in [-0.2, -0.15) is 0 Å². The summed E-state index contributed by atoms with van der Waals surface area (Å²) >= 11 is 0. The summed E-state index contributed by atoms with van der Waals surface area (Å²) in [7, 11) is 0. The minimum atomic E-state index is 0.417. The average Bonchev–Trinajstić information content (AvgIpc) is 2.64. The zero-order valence-electron chi connectivity index (χ0n) is 14.8. The Kier molecular flexibility index (Phi) is 5.92. The number of piperidine rings is 1. The van der Waals surface area contributed by atoms with E-state index in [4.69, 9.17) is 5.73 Å². The molecule has 0 radical (unpaired) electrons. The number of benzene rings is 2. The molecule has 1 unspecified atom stereocenters. The molecule has 1 atom stereocenters. The van der Waals surface area contributed by atoms with E-state index in [1.807, 2.05) is 12.1 Å². The Balaban J connectivity index is 1.81. The van der Waals surface area contributed by atoms with E-state index in [2.05, 4.69) is 54.3 Å². The Morgan fingerprint density at radius 3 is 2.33 bits per heavy atom. The molecule has 0 saturated carbocycles. The van der Waals surface area contributed by atoms with Gasteiger partial charge in [0.05, 0.1) is 0 Å². The standard InChI is InChI=1S/C22H30N2/c1-2-3-15-24-16-13-19(14-17-24)22(18-9-5-4-6-10-18)20-11-7-8-12-21(20)23/h4-12,19,22H,2-3,13-17,23H2,1H3. The lowest BCUT2D eigenvalue weighted by Gasteiger charge is -2.37. The van der Waals surface area contributed by atoms with E-state index >= 15 is 0 Å². The molecule has 0 bridgehead atoms. The molecule has 0 aliphatic carbocycles. The van der Waals surface area contributed by atoms with Crippen molar-refractivity contribution in [2.24, 2.45) is 5.92 Å². The Morgan fingerprint density at radius 1 is 1.00 bits per heavy atom. The number of hydrogen-bond acceptors (Lipinski definition) is 2. The fourth-order valence-corrected chi connectivity index (χ4v) is 4.05. The average molecular weight is 322 g/mol. The molecule has 2 nitrogen and oxygen atoms in total. The molecule has 1 heterocycles. The highest BCUT2D eigenvalue weighted by Gasteiger charge is 2.29. The predicted octanol–water partition coefficient (Wildman–Crippen LogP) is 4.91. The molecule has 1 aliphatic heterocycles. The van der Waals surface area contributed by atoms with E-state index < -0.39 is 0 Å². The second-order valence-electron chi connectivity index (χ2n) is 7.05. The van der Waals surface area contributed by atoms with Gasteiger partial charge in [-0.1, -0.05) is 61.9 Å². The molecule has 0 amide bonds. The van der Waals surface area contributed by atoms with Gasteiger partial charge >= 0.3 is 0 Å². The minimum Gasteiger partial charge on any atom is -0.398 e. The van der Waals surface area contributed by atoms with Crippen LogP contribution in [0.4, 0.5) is 5.69 Å². The largest absolute Gasteiger partial charge is 0.398 e. The van der Waals surface area contributed by atoms with Crippen LogP contribution in [-0.2, 0) is 0 Å². The van der Waals surface area contributed by atoms with Crippen molar-refractivity contribution in [2.75, 3.05) is 25.4 Å². The summed E-state index contributed by atoms with van der Waals surface area (Å²) in [5, 5.41) is 0. The molecule has 0 spiro atoms. The first kappa shape index (κ1) is 17.0. The smallest absolute Gasteiger partial charge is 0.0352 e. The maximum absolute atomic E-state index is 6.35. The van der Waals surface area contributed by atoms with E-state index in [1.165, 1.54) is 56.4 Å². The zero-order valence-corrected chi connectivity index (χ0v) is 14.8. The van der Waals surface area contributed by atoms with Crippen molar-refractivity contribution in [3.8, 4) is 0 Å². The first-order valence-corrected chi connectivity index (χ1v) is 9.41. The van der Waals surface area contributed by atoms with Crippen LogP contribution in [0.3, 0.4) is 0 Å². The monoisotopic (exact) mass is 322 g/mol. The molecule has 1 fully saturated rings. The van der Waals surface area contributed by atoms with E-state index in [1.54, 1.807) is 0 Å². The third kappa shape index (κ3) is 3.99. The fraction of sp³-hybridized carbons (Fsp3) is 0.455. The van der Waals surface area contributed by atoms with Crippen LogP contribution in [0.5, 0.6) is 0 Å². The van der Waals surface area contributed by atoms with Crippen molar-refractivity contribution in [2.45, 2.75) is 38.5 Å². The zero-order chi connectivity index (χ0) is 16.8. The molecule has 1 saturated heterocycles. The third-order valence-electron chi connectivity index (χ3n) is 5.42. The van der Waals surface area contributed by atoms with Gasteiger partial charge in [-0.3, -0.25) is 0 Å². The number of nitrogens with two attached hydrogens (primary N) is 1. The van der Waals surface area contributed by atoms with Crippen LogP contribution in [0.25, 0.3) is 0 Å². The lowest BCUT2D eigenvalue weighted by atomic mass is 9.75. The Bertz CT molecular complexity index is 615. The number of hydrogen-bond donors (Lipinski definition) is 1. The van der Waals surface area contributed by atoms with Gasteiger partial charge in [-0.15, -0.1) is 0 Å². The van der Waals surface area contributed by atoms with Gasteiger partial charge in [0.1, 0.15) is 0 Å². The van der Waals surface area contributed by atoms with Gasteiger partial charge in [-0.05, 0) is 62.0 Å². The lowest BCUT2D eigenvalue weighted by molar-refractivity contribution is 0.173. The second-order valence-corrected chi connectivity index (χ2v) is 7.05. The van der Waals surface area contributed by atoms with Crippen LogP contribution in [0.1, 0.15) is 49.7 Å². The Hall–Kier alpha value is -1.80. The van der Waals surface area contributed by atoms with Crippen LogP contribution < -0.4 is 5.73 Å². The summed E-state index contributed by atoms with van der Waals surface area (Å²) < 4.78 is 0. The summed E-state index contributed by atoms with van der Waals surface area (Å²) in [4.78, 5) is 2.64. The molecule has 2 N–H and O–H groups in total. The molecule has 2 aromatic carbocycles. The first-order chi connectivity index (χ1) is 11.8. The van der Waals surface area contributed by atoms with Crippen LogP contribution in [0.15, 0.2) is 54.6 Å². The normalized spacial score (nSPS) is 17.7. The first-order valence-electron chi connectivity index (χ1n) is 9.41. The second kappa shape index (κ2) is 8.34. The summed E-state index contributed by atoms with van der Waals surface area (Å²) in [6, 6.07) is 19.4. The van der Waals surface area contributed by atoms with Gasteiger partial charge < -0.3 is 10.6 Å². The van der Waals surface area contributed by atoms with E-state index in [0.29, 0.717) is 11.8 Å². The molecule has 24 heavy (non-hydrogen) atoms. The van der Waals surface area contributed by atoms with Gasteiger partial charge in [0.2, 0.25) is 0 Å². The van der Waals surface area contributed by atoms with Gasteiger partial charge in [0, 0.05) is 11.6 Å². The summed E-state index contributed by atoms with van der Waals surface area (Å²) in [6.07, 6.45) is 5.13. The third-order valence-corrected chi connectivity index (χ3v) is 5.42. The molecular weight excluding hydrogens is 292 g/mol. The molecule has 2 heteroatoms. The quantitative estimate of drug-likeness (QED) is 0.765. The number of para-hydroxylation sites is 1. The maximum atomic E-state index is 6.35. The number of likely N-dealkylation sites (tertiary alicyclic amines) is 1. The van der Waals surface area contributed by atoms with Crippen molar-refractivity contribution in [1.29, 1.82) is 0 Å². The van der Waals surface area contributed by atoms with E-state index in [9.17, 15) is 0 Å². The topological polar surface area (TPSA) is 29.3 Å². The molecule has 0 aromatic heterocycles. The van der Waals surface area contributed by atoms with Crippen LogP contribution in [0.2, 0.25) is 0 Å². The van der Waals surface area contributed by atoms with Crippen molar-refractivity contribution in [1.82, 2.24) is 4.90 Å². The fourth-order valence-electron chi connectivity index (χ4n) is 4.05. The maximum Gasteiger partial charge on any atom is 0.0352 e. The van der Waals surface area contributed by atoms with E-state index in [-0.39, 0.29) is 0 Å². The number of nitrogens with zero attached hydrogens (tertiary/aromatic N) is 1. The molecular formula is C22H30N2. The SMILES string of the molecule is CCCCN1CCC(C(c2ccccc2)c2ccccc2N)CC1. The number of rotatable bonds is 6. The summed E-state index contributed by atoms with van der Waals surface area (Å²) in [6.45, 7) is 5.98. The highest BCUT2D eigenvalue weighted by molar-refractivity contribution is 5.52. The molecule has 128 valence electrons. The van der Waals surface area contributed by atoms with Crippen LogP contribution >= 0.6 is 0 Å².